The molecule has 2 heteroatoms. The first-order chi connectivity index (χ1) is 3.85. The maximum absolute atomic E-state index is 8.15. The first-order valence-corrected chi connectivity index (χ1v) is 2.22. The van der Waals surface area contributed by atoms with Crippen LogP contribution in [0.1, 0.15) is 6.42 Å². The summed E-state index contributed by atoms with van der Waals surface area (Å²) in [5.74, 6) is 0. The fraction of sp³-hybridized carbons (Fsp3) is 0.333. The number of nitriles is 1. The Balaban J connectivity index is 3.62. The molecular formula is C6H6N2. The van der Waals surface area contributed by atoms with E-state index in [1.54, 1.807) is 6.08 Å². The maximum atomic E-state index is 8.15. The molecule has 0 amide bonds. The molecule has 1 unspecified atom stereocenters. The van der Waals surface area contributed by atoms with Gasteiger partial charge < -0.3 is 0 Å². The van der Waals surface area contributed by atoms with Crippen LogP contribution in [0.2, 0.25) is 0 Å². The van der Waals surface area contributed by atoms with Crippen LogP contribution in [0, 0.1) is 17.9 Å². The smallest absolute Gasteiger partial charge is 0.297 e. The summed E-state index contributed by atoms with van der Waals surface area (Å²) in [7, 11) is 0. The fourth-order valence-electron chi connectivity index (χ4n) is 0.292. The predicted octanol–water partition coefficient (Wildman–Crippen LogP) is 1.37. The van der Waals surface area contributed by atoms with Crippen LogP contribution in [0.25, 0.3) is 4.85 Å². The summed E-state index contributed by atoms with van der Waals surface area (Å²) in [5.41, 5.74) is 0. The van der Waals surface area contributed by atoms with E-state index in [-0.39, 0.29) is 0 Å². The summed E-state index contributed by atoms with van der Waals surface area (Å²) >= 11 is 0. The van der Waals surface area contributed by atoms with E-state index in [4.69, 9.17) is 11.8 Å². The normalized spacial score (nSPS) is 10.8. The Morgan fingerprint density at radius 1 is 2.00 bits per heavy atom. The zero-order chi connectivity index (χ0) is 6.41. The van der Waals surface area contributed by atoms with E-state index in [0.717, 1.165) is 0 Å². The van der Waals surface area contributed by atoms with Crippen molar-refractivity contribution in [1.82, 2.24) is 0 Å². The third kappa shape index (κ3) is 2.00. The zero-order valence-electron chi connectivity index (χ0n) is 4.46. The van der Waals surface area contributed by atoms with Crippen LogP contribution < -0.4 is 0 Å². The molecule has 0 aliphatic heterocycles. The summed E-state index contributed by atoms with van der Waals surface area (Å²) in [6.07, 6.45) is 2.05. The average molecular weight is 106 g/mol. The van der Waals surface area contributed by atoms with E-state index < -0.39 is 6.04 Å². The van der Waals surface area contributed by atoms with Crippen molar-refractivity contribution in [1.29, 1.82) is 5.26 Å². The third-order valence-electron chi connectivity index (χ3n) is 0.695. The summed E-state index contributed by atoms with van der Waals surface area (Å²) in [5, 5.41) is 8.15. The fourth-order valence-corrected chi connectivity index (χ4v) is 0.292. The van der Waals surface area contributed by atoms with Gasteiger partial charge in [-0.3, -0.25) is 4.85 Å². The van der Waals surface area contributed by atoms with Crippen LogP contribution in [0.4, 0.5) is 0 Å². The predicted molar refractivity (Wildman–Crippen MR) is 30.8 cm³/mol. The first-order valence-electron chi connectivity index (χ1n) is 2.22. The van der Waals surface area contributed by atoms with E-state index >= 15 is 0 Å². The number of rotatable bonds is 2. The van der Waals surface area contributed by atoms with Crippen molar-refractivity contribution < 1.29 is 0 Å². The minimum Gasteiger partial charge on any atom is -0.297 e. The third-order valence-corrected chi connectivity index (χ3v) is 0.695. The van der Waals surface area contributed by atoms with Crippen molar-refractivity contribution in [2.75, 3.05) is 0 Å². The molecule has 0 aromatic heterocycles. The minimum atomic E-state index is -0.521. The molecule has 0 bridgehead atoms. The van der Waals surface area contributed by atoms with Gasteiger partial charge in [-0.25, -0.2) is 6.57 Å². The topological polar surface area (TPSA) is 28.1 Å². The second kappa shape index (κ2) is 3.89. The zero-order valence-corrected chi connectivity index (χ0v) is 4.46. The molecule has 0 fully saturated rings. The van der Waals surface area contributed by atoms with Crippen LogP contribution in [0.15, 0.2) is 12.7 Å². The molecule has 2 nitrogen and oxygen atoms in total. The van der Waals surface area contributed by atoms with Crippen LogP contribution in [-0.4, -0.2) is 6.04 Å². The van der Waals surface area contributed by atoms with E-state index in [0.29, 0.717) is 6.42 Å². The highest BCUT2D eigenvalue weighted by atomic mass is 14.7. The van der Waals surface area contributed by atoms with Gasteiger partial charge in [0.1, 0.15) is 0 Å². The number of hydrogen-bond acceptors (Lipinski definition) is 1. The standard InChI is InChI=1S/C6H6N2/c1-3-4-6(5-7)8-2/h3,6H,1,4H2. The van der Waals surface area contributed by atoms with Gasteiger partial charge in [0, 0.05) is 0 Å². The quantitative estimate of drug-likeness (QED) is 0.386. The highest BCUT2D eigenvalue weighted by molar-refractivity contribution is 5.01. The lowest BCUT2D eigenvalue weighted by Gasteiger charge is -1.83. The molecule has 0 aromatic carbocycles. The second-order valence-electron chi connectivity index (χ2n) is 1.30. The Bertz CT molecular complexity index is 133. The van der Waals surface area contributed by atoms with E-state index in [9.17, 15) is 0 Å². The van der Waals surface area contributed by atoms with Gasteiger partial charge in [0.05, 0.1) is 6.42 Å². The molecule has 0 spiro atoms. The van der Waals surface area contributed by atoms with Gasteiger partial charge >= 0.3 is 6.04 Å². The van der Waals surface area contributed by atoms with Gasteiger partial charge in [-0.2, -0.15) is 5.26 Å². The highest BCUT2D eigenvalue weighted by Gasteiger charge is 2.04. The molecule has 0 saturated carbocycles. The number of nitrogens with zero attached hydrogens (tertiary/aromatic N) is 2. The van der Waals surface area contributed by atoms with Crippen molar-refractivity contribution in [3.63, 3.8) is 0 Å². The van der Waals surface area contributed by atoms with Gasteiger partial charge in [0.25, 0.3) is 0 Å². The van der Waals surface area contributed by atoms with Crippen LogP contribution in [-0.2, 0) is 0 Å². The lowest BCUT2D eigenvalue weighted by atomic mass is 10.2. The van der Waals surface area contributed by atoms with Gasteiger partial charge in [0.2, 0.25) is 0 Å². The van der Waals surface area contributed by atoms with E-state index in [1.807, 2.05) is 6.07 Å². The van der Waals surface area contributed by atoms with Crippen LogP contribution in [0.3, 0.4) is 0 Å². The average Bonchev–Trinajstić information content (AvgIpc) is 1.83. The molecule has 0 aliphatic carbocycles. The van der Waals surface area contributed by atoms with E-state index in [2.05, 4.69) is 11.4 Å². The summed E-state index contributed by atoms with van der Waals surface area (Å²) in [6, 6.07) is 1.31. The molecule has 0 radical (unpaired) electrons. The second-order valence-corrected chi connectivity index (χ2v) is 1.30. The Kier molecular flexibility index (Phi) is 3.27. The van der Waals surface area contributed by atoms with Crippen LogP contribution in [0.5, 0.6) is 0 Å². The minimum absolute atomic E-state index is 0.472. The molecule has 0 rings (SSSR count). The lowest BCUT2D eigenvalue weighted by Crippen LogP contribution is -1.92. The molecular weight excluding hydrogens is 100 g/mol. The number of hydrogen-bond donors (Lipinski definition) is 0. The molecule has 0 heterocycles. The van der Waals surface area contributed by atoms with Crippen molar-refractivity contribution in [2.24, 2.45) is 0 Å². The van der Waals surface area contributed by atoms with Crippen molar-refractivity contribution in [3.05, 3.63) is 24.1 Å². The molecule has 0 saturated heterocycles. The largest absolute Gasteiger partial charge is 0.310 e. The molecule has 0 aliphatic rings. The van der Waals surface area contributed by atoms with E-state index in [1.165, 1.54) is 0 Å². The Hall–Kier alpha value is -1.28. The maximum Gasteiger partial charge on any atom is 0.310 e. The molecule has 1 atom stereocenters. The monoisotopic (exact) mass is 106 g/mol. The Morgan fingerprint density at radius 2 is 2.62 bits per heavy atom. The van der Waals surface area contributed by atoms with Gasteiger partial charge in [-0.1, -0.05) is 6.08 Å². The molecule has 8 heavy (non-hydrogen) atoms. The summed E-state index contributed by atoms with van der Waals surface area (Å²) in [6.45, 7) is 9.82. The van der Waals surface area contributed by atoms with Crippen molar-refractivity contribution >= 4 is 0 Å². The summed E-state index contributed by atoms with van der Waals surface area (Å²) < 4.78 is 0. The molecule has 0 aromatic rings. The SMILES string of the molecule is [C-]#[N+]C(C#N)CC=C. The van der Waals surface area contributed by atoms with Gasteiger partial charge in [0.15, 0.2) is 6.07 Å². The summed E-state index contributed by atoms with van der Waals surface area (Å²) in [4.78, 5) is 3.01. The Morgan fingerprint density at radius 3 is 2.75 bits per heavy atom. The van der Waals surface area contributed by atoms with Crippen molar-refractivity contribution in [2.45, 2.75) is 12.5 Å². The first kappa shape index (κ1) is 6.72. The van der Waals surface area contributed by atoms with Gasteiger partial charge in [-0.15, -0.1) is 6.58 Å². The molecule has 0 N–H and O–H groups in total. The Labute approximate surface area is 48.9 Å². The van der Waals surface area contributed by atoms with Gasteiger partial charge in [-0.05, 0) is 0 Å². The highest BCUT2D eigenvalue weighted by Crippen LogP contribution is 1.94. The molecule has 40 valence electrons. The lowest BCUT2D eigenvalue weighted by molar-refractivity contribution is 0.974. The van der Waals surface area contributed by atoms with Crippen molar-refractivity contribution in [3.8, 4) is 6.07 Å². The van der Waals surface area contributed by atoms with Crippen LogP contribution >= 0.6 is 0 Å².